The van der Waals surface area contributed by atoms with Crippen LogP contribution in [0.5, 0.6) is 0 Å². The molecule has 0 saturated carbocycles. The molecule has 0 fully saturated rings. The Kier molecular flexibility index (Phi) is 6.17. The average molecular weight is 461 g/mol. The summed E-state index contributed by atoms with van der Waals surface area (Å²) in [4.78, 5) is 0. The van der Waals surface area contributed by atoms with Crippen LogP contribution in [0.3, 0.4) is 0 Å². The summed E-state index contributed by atoms with van der Waals surface area (Å²) in [5, 5.41) is 2.54. The minimum absolute atomic E-state index is 0.206. The Labute approximate surface area is 213 Å². The number of hydrogen-bond acceptors (Lipinski definition) is 0. The van der Waals surface area contributed by atoms with Gasteiger partial charge in [0.05, 0.1) is 0 Å². The van der Waals surface area contributed by atoms with Crippen LogP contribution in [0.4, 0.5) is 0 Å². The smallest absolute Gasteiger partial charge is 0.0340 e. The van der Waals surface area contributed by atoms with E-state index < -0.39 is 0 Å². The molecule has 0 saturated heterocycles. The quantitative estimate of drug-likeness (QED) is 0.217. The van der Waals surface area contributed by atoms with Crippen LogP contribution in [0.15, 0.2) is 158 Å². The van der Waals surface area contributed by atoms with Gasteiger partial charge in [-0.1, -0.05) is 158 Å². The van der Waals surface area contributed by atoms with E-state index >= 15 is 0 Å². The summed E-state index contributed by atoms with van der Waals surface area (Å²) >= 11 is 0. The van der Waals surface area contributed by atoms with Crippen molar-refractivity contribution >= 4 is 10.8 Å². The maximum Gasteiger partial charge on any atom is 0.0340 e. The highest BCUT2D eigenvalue weighted by atomic mass is 14.2. The normalized spacial score (nSPS) is 11.3. The van der Waals surface area contributed by atoms with Crippen molar-refractivity contribution < 1.29 is 0 Å². The van der Waals surface area contributed by atoms with Gasteiger partial charge >= 0.3 is 0 Å². The third kappa shape index (κ3) is 4.46. The molecule has 172 valence electrons. The van der Waals surface area contributed by atoms with E-state index in [0.717, 1.165) is 0 Å². The predicted octanol–water partition coefficient (Wildman–Crippen LogP) is 9.20. The molecule has 0 atom stereocenters. The number of rotatable bonds is 6. The molecule has 0 aliphatic rings. The van der Waals surface area contributed by atoms with Crippen LogP contribution in [0, 0.1) is 0 Å². The van der Waals surface area contributed by atoms with Gasteiger partial charge in [0.1, 0.15) is 0 Å². The molecule has 0 radical (unpaired) electrons. The Morgan fingerprint density at radius 2 is 0.528 bits per heavy atom. The summed E-state index contributed by atoms with van der Waals surface area (Å²) in [6.45, 7) is 0. The van der Waals surface area contributed by atoms with Gasteiger partial charge in [0.25, 0.3) is 0 Å². The first-order valence-electron chi connectivity index (χ1n) is 12.6. The first-order chi connectivity index (χ1) is 17.9. The van der Waals surface area contributed by atoms with Gasteiger partial charge in [0.2, 0.25) is 0 Å². The largest absolute Gasteiger partial charge is 0.0622 e. The van der Waals surface area contributed by atoms with E-state index in [-0.39, 0.29) is 11.8 Å². The van der Waals surface area contributed by atoms with Crippen LogP contribution in [-0.2, 0) is 0 Å². The van der Waals surface area contributed by atoms with E-state index in [9.17, 15) is 0 Å². The Bertz CT molecular complexity index is 1350. The summed E-state index contributed by atoms with van der Waals surface area (Å²) in [6.07, 6.45) is 0. The lowest BCUT2D eigenvalue weighted by Crippen LogP contribution is -2.04. The summed E-state index contributed by atoms with van der Waals surface area (Å²) < 4.78 is 0. The highest BCUT2D eigenvalue weighted by molar-refractivity contribution is 5.84. The van der Waals surface area contributed by atoms with E-state index in [0.29, 0.717) is 0 Å². The predicted molar refractivity (Wildman–Crippen MR) is 152 cm³/mol. The Balaban J connectivity index is 1.44. The molecule has 6 rings (SSSR count). The molecule has 6 aromatic carbocycles. The van der Waals surface area contributed by atoms with Gasteiger partial charge in [0, 0.05) is 11.8 Å². The average Bonchev–Trinajstić information content (AvgIpc) is 2.96. The molecule has 0 spiro atoms. The van der Waals surface area contributed by atoms with Gasteiger partial charge < -0.3 is 0 Å². The third-order valence-electron chi connectivity index (χ3n) is 7.09. The first-order valence-corrected chi connectivity index (χ1v) is 12.6. The second-order valence-corrected chi connectivity index (χ2v) is 9.37. The molecular formula is C36H28. The van der Waals surface area contributed by atoms with Crippen molar-refractivity contribution in [1.82, 2.24) is 0 Å². The first kappa shape index (κ1) is 22.1. The van der Waals surface area contributed by atoms with Crippen LogP contribution < -0.4 is 0 Å². The monoisotopic (exact) mass is 460 g/mol. The van der Waals surface area contributed by atoms with Crippen LogP contribution >= 0.6 is 0 Å². The van der Waals surface area contributed by atoms with Gasteiger partial charge in [-0.3, -0.25) is 0 Å². The minimum Gasteiger partial charge on any atom is -0.0622 e. The van der Waals surface area contributed by atoms with Crippen LogP contribution in [-0.4, -0.2) is 0 Å². The molecule has 0 aromatic heterocycles. The molecule has 36 heavy (non-hydrogen) atoms. The van der Waals surface area contributed by atoms with Crippen molar-refractivity contribution in [2.45, 2.75) is 11.8 Å². The Morgan fingerprint density at radius 3 is 0.806 bits per heavy atom. The lowest BCUT2D eigenvalue weighted by molar-refractivity contribution is 0.976. The van der Waals surface area contributed by atoms with Crippen molar-refractivity contribution in [2.75, 3.05) is 0 Å². The van der Waals surface area contributed by atoms with E-state index in [1.165, 1.54) is 44.2 Å². The van der Waals surface area contributed by atoms with E-state index in [1.807, 2.05) is 0 Å². The number of fused-ring (bicyclic) bond motifs is 1. The van der Waals surface area contributed by atoms with Crippen molar-refractivity contribution in [3.05, 3.63) is 191 Å². The van der Waals surface area contributed by atoms with Gasteiger partial charge in [-0.05, 0) is 44.2 Å². The van der Waals surface area contributed by atoms with Gasteiger partial charge in [-0.2, -0.15) is 0 Å². The molecule has 0 heteroatoms. The fourth-order valence-corrected chi connectivity index (χ4v) is 5.38. The second-order valence-electron chi connectivity index (χ2n) is 9.37. The third-order valence-corrected chi connectivity index (χ3v) is 7.09. The zero-order chi connectivity index (χ0) is 24.2. The Morgan fingerprint density at radius 1 is 0.250 bits per heavy atom. The van der Waals surface area contributed by atoms with Gasteiger partial charge in [0.15, 0.2) is 0 Å². The standard InChI is InChI=1S/C36H28/c1-5-13-27(14-6-1)35(28-15-7-2-8-16-28)33-23-21-32-26-34(24-22-31(32)25-33)36(29-17-9-3-10-18-29)30-19-11-4-12-20-30/h1-26,35-36H. The molecule has 0 aliphatic heterocycles. The maximum absolute atomic E-state index is 2.36. The molecule has 0 unspecified atom stereocenters. The SMILES string of the molecule is c1ccc(C(c2ccccc2)c2ccc3cc(C(c4ccccc4)c4ccccc4)ccc3c2)cc1. The number of benzene rings is 6. The molecule has 0 nitrogen and oxygen atoms in total. The van der Waals surface area contributed by atoms with E-state index in [1.54, 1.807) is 0 Å². The van der Waals surface area contributed by atoms with Gasteiger partial charge in [-0.15, -0.1) is 0 Å². The number of hydrogen-bond donors (Lipinski definition) is 0. The lowest BCUT2D eigenvalue weighted by atomic mass is 9.82. The topological polar surface area (TPSA) is 0 Å². The molecule has 0 N–H and O–H groups in total. The molecule has 0 aliphatic carbocycles. The van der Waals surface area contributed by atoms with Crippen molar-refractivity contribution in [3.63, 3.8) is 0 Å². The molecule has 0 bridgehead atoms. The van der Waals surface area contributed by atoms with Gasteiger partial charge in [-0.25, -0.2) is 0 Å². The van der Waals surface area contributed by atoms with E-state index in [2.05, 4.69) is 158 Å². The fraction of sp³-hybridized carbons (Fsp3) is 0.0556. The summed E-state index contributed by atoms with van der Waals surface area (Å²) in [5.74, 6) is 0.413. The van der Waals surface area contributed by atoms with Crippen molar-refractivity contribution in [2.24, 2.45) is 0 Å². The van der Waals surface area contributed by atoms with E-state index in [4.69, 9.17) is 0 Å². The highest BCUT2D eigenvalue weighted by Crippen LogP contribution is 2.36. The molecule has 0 heterocycles. The fourth-order valence-electron chi connectivity index (χ4n) is 5.38. The summed E-state index contributed by atoms with van der Waals surface area (Å²) in [5.41, 5.74) is 7.88. The van der Waals surface area contributed by atoms with Crippen molar-refractivity contribution in [3.8, 4) is 0 Å². The van der Waals surface area contributed by atoms with Crippen LogP contribution in [0.1, 0.15) is 45.2 Å². The zero-order valence-electron chi connectivity index (χ0n) is 20.2. The Hall–Kier alpha value is -4.42. The van der Waals surface area contributed by atoms with Crippen molar-refractivity contribution in [1.29, 1.82) is 0 Å². The highest BCUT2D eigenvalue weighted by Gasteiger charge is 2.19. The lowest BCUT2D eigenvalue weighted by Gasteiger charge is -2.21. The zero-order valence-corrected chi connectivity index (χ0v) is 20.2. The van der Waals surface area contributed by atoms with Crippen LogP contribution in [0.25, 0.3) is 10.8 Å². The summed E-state index contributed by atoms with van der Waals surface area (Å²) in [6, 6.07) is 57.2. The minimum atomic E-state index is 0.206. The molecule has 0 amide bonds. The van der Waals surface area contributed by atoms with Crippen LogP contribution in [0.2, 0.25) is 0 Å². The molecule has 6 aromatic rings. The maximum atomic E-state index is 2.36. The second kappa shape index (κ2) is 10.1. The summed E-state index contributed by atoms with van der Waals surface area (Å²) in [7, 11) is 0. The molecular weight excluding hydrogens is 432 g/mol.